The molecule has 0 unspecified atom stereocenters. The quantitative estimate of drug-likeness (QED) is 0.678. The van der Waals surface area contributed by atoms with Gasteiger partial charge in [0, 0.05) is 17.5 Å². The van der Waals surface area contributed by atoms with E-state index in [0.717, 1.165) is 12.2 Å². The molecule has 1 aliphatic heterocycles. The van der Waals surface area contributed by atoms with Crippen molar-refractivity contribution in [2.24, 2.45) is 0 Å². The van der Waals surface area contributed by atoms with Gasteiger partial charge in [-0.3, -0.25) is 4.90 Å². The number of para-hydroxylation sites is 1. The summed E-state index contributed by atoms with van der Waals surface area (Å²) >= 11 is 7.38. The minimum Gasteiger partial charge on any atom is -0.276 e. The van der Waals surface area contributed by atoms with Gasteiger partial charge in [-0.25, -0.2) is 4.68 Å². The molecule has 2 aromatic heterocycles. The summed E-state index contributed by atoms with van der Waals surface area (Å²) in [6, 6.07) is 14.7. The van der Waals surface area contributed by atoms with E-state index in [0.29, 0.717) is 17.5 Å². The summed E-state index contributed by atoms with van der Waals surface area (Å²) in [7, 11) is 0. The van der Waals surface area contributed by atoms with E-state index in [9.17, 15) is 0 Å². The number of benzene rings is 1. The van der Waals surface area contributed by atoms with Gasteiger partial charge in [0.2, 0.25) is 4.77 Å². The van der Waals surface area contributed by atoms with Crippen LogP contribution in [0, 0.1) is 4.77 Å². The molecule has 0 radical (unpaired) electrons. The number of thiophene rings is 1. The van der Waals surface area contributed by atoms with Crippen LogP contribution in [0.3, 0.4) is 0 Å². The maximum absolute atomic E-state index is 5.56. The third-order valence-corrected chi connectivity index (χ3v) is 5.55. The van der Waals surface area contributed by atoms with E-state index in [1.54, 1.807) is 4.68 Å². The third-order valence-electron chi connectivity index (χ3n) is 4.19. The maximum atomic E-state index is 5.56. The molecule has 3 heterocycles. The van der Waals surface area contributed by atoms with Gasteiger partial charge in [0.25, 0.3) is 0 Å². The first kappa shape index (κ1) is 14.7. The van der Waals surface area contributed by atoms with E-state index in [-0.39, 0.29) is 0 Å². The fourth-order valence-electron chi connectivity index (χ4n) is 3.06. The zero-order valence-corrected chi connectivity index (χ0v) is 14.2. The first-order valence-corrected chi connectivity index (χ1v) is 8.97. The molecule has 0 bridgehead atoms. The summed E-state index contributed by atoms with van der Waals surface area (Å²) in [4.78, 5) is 3.86. The van der Waals surface area contributed by atoms with Crippen LogP contribution >= 0.6 is 23.6 Å². The highest BCUT2D eigenvalue weighted by atomic mass is 32.1. The van der Waals surface area contributed by atoms with Crippen LogP contribution in [-0.2, 0) is 6.67 Å². The standard InChI is InChI=1S/C16H17N5S2/c22-16-20(17-18-21(16)13-6-2-1-3-7-13)12-19-10-4-8-14(19)15-9-5-11-23-15/h1-3,5-7,9,11,14H,4,8,10,12H2/t14-/m1/s1. The first-order valence-electron chi connectivity index (χ1n) is 7.68. The van der Waals surface area contributed by atoms with Gasteiger partial charge in [0.15, 0.2) is 0 Å². The Balaban J connectivity index is 1.58. The lowest BCUT2D eigenvalue weighted by molar-refractivity contribution is 0.190. The van der Waals surface area contributed by atoms with E-state index in [1.807, 2.05) is 46.4 Å². The van der Waals surface area contributed by atoms with Crippen molar-refractivity contribution in [1.82, 2.24) is 24.7 Å². The highest BCUT2D eigenvalue weighted by Gasteiger charge is 2.27. The average molecular weight is 343 g/mol. The van der Waals surface area contributed by atoms with Crippen LogP contribution in [0.25, 0.3) is 5.69 Å². The van der Waals surface area contributed by atoms with E-state index in [2.05, 4.69) is 32.8 Å². The van der Waals surface area contributed by atoms with Crippen LogP contribution < -0.4 is 0 Å². The van der Waals surface area contributed by atoms with Crippen molar-refractivity contribution < 1.29 is 0 Å². The first-order chi connectivity index (χ1) is 11.3. The summed E-state index contributed by atoms with van der Waals surface area (Å²) < 4.78 is 4.16. The summed E-state index contributed by atoms with van der Waals surface area (Å²) in [5.74, 6) is 0. The largest absolute Gasteiger partial charge is 0.276 e. The molecule has 1 atom stereocenters. The summed E-state index contributed by atoms with van der Waals surface area (Å²) in [6.45, 7) is 1.76. The van der Waals surface area contributed by atoms with Gasteiger partial charge in [-0.15, -0.1) is 11.3 Å². The van der Waals surface area contributed by atoms with Crippen LogP contribution in [0.15, 0.2) is 47.8 Å². The Bertz CT molecular complexity index is 822. The second-order valence-corrected chi connectivity index (χ2v) is 6.98. The zero-order chi connectivity index (χ0) is 15.6. The zero-order valence-electron chi connectivity index (χ0n) is 12.6. The number of aromatic nitrogens is 4. The SMILES string of the molecule is S=c1n(CN2CCC[C@@H]2c2cccs2)nnn1-c1ccccc1. The highest BCUT2D eigenvalue weighted by molar-refractivity contribution is 7.71. The molecule has 0 saturated carbocycles. The van der Waals surface area contributed by atoms with Crippen molar-refractivity contribution in [2.45, 2.75) is 25.6 Å². The van der Waals surface area contributed by atoms with Crippen molar-refractivity contribution in [3.05, 3.63) is 57.5 Å². The minimum absolute atomic E-state index is 0.471. The topological polar surface area (TPSA) is 38.9 Å². The van der Waals surface area contributed by atoms with E-state index in [4.69, 9.17) is 12.2 Å². The fraction of sp³-hybridized carbons (Fsp3) is 0.312. The molecular weight excluding hydrogens is 326 g/mol. The molecule has 4 rings (SSSR count). The van der Waals surface area contributed by atoms with E-state index < -0.39 is 0 Å². The summed E-state index contributed by atoms with van der Waals surface area (Å²) in [5, 5.41) is 10.6. The Hall–Kier alpha value is -1.83. The summed E-state index contributed by atoms with van der Waals surface area (Å²) in [5.41, 5.74) is 0.944. The molecule has 0 aliphatic carbocycles. The molecule has 7 heteroatoms. The summed E-state index contributed by atoms with van der Waals surface area (Å²) in [6.07, 6.45) is 2.41. The molecule has 0 spiro atoms. The number of nitrogens with zero attached hydrogens (tertiary/aromatic N) is 5. The number of hydrogen-bond acceptors (Lipinski definition) is 5. The second kappa shape index (κ2) is 6.35. The predicted molar refractivity (Wildman–Crippen MR) is 93.2 cm³/mol. The number of rotatable bonds is 4. The number of hydrogen-bond donors (Lipinski definition) is 0. The molecule has 3 aromatic rings. The van der Waals surface area contributed by atoms with E-state index >= 15 is 0 Å². The Kier molecular flexibility index (Phi) is 4.07. The van der Waals surface area contributed by atoms with Gasteiger partial charge in [0.05, 0.1) is 12.4 Å². The van der Waals surface area contributed by atoms with Gasteiger partial charge < -0.3 is 0 Å². The average Bonchev–Trinajstić information content (AvgIpc) is 3.31. The molecule has 1 saturated heterocycles. The van der Waals surface area contributed by atoms with Crippen molar-refractivity contribution in [2.75, 3.05) is 6.54 Å². The van der Waals surface area contributed by atoms with Gasteiger partial charge in [-0.2, -0.15) is 4.68 Å². The predicted octanol–water partition coefficient (Wildman–Crippen LogP) is 3.65. The van der Waals surface area contributed by atoms with Crippen LogP contribution in [-0.4, -0.2) is 31.2 Å². The lowest BCUT2D eigenvalue weighted by Crippen LogP contribution is -2.26. The lowest BCUT2D eigenvalue weighted by atomic mass is 10.2. The Labute approximate surface area is 143 Å². The molecule has 1 aliphatic rings. The third kappa shape index (κ3) is 2.87. The monoisotopic (exact) mass is 343 g/mol. The Morgan fingerprint density at radius 2 is 2.00 bits per heavy atom. The second-order valence-electron chi connectivity index (χ2n) is 5.64. The lowest BCUT2D eigenvalue weighted by Gasteiger charge is -2.22. The van der Waals surface area contributed by atoms with Crippen LogP contribution in [0.4, 0.5) is 0 Å². The molecule has 23 heavy (non-hydrogen) atoms. The molecule has 1 fully saturated rings. The van der Waals surface area contributed by atoms with Crippen molar-refractivity contribution in [1.29, 1.82) is 0 Å². The van der Waals surface area contributed by atoms with Crippen molar-refractivity contribution >= 4 is 23.6 Å². The highest BCUT2D eigenvalue weighted by Crippen LogP contribution is 2.34. The Morgan fingerprint density at radius 1 is 1.13 bits per heavy atom. The molecular formula is C16H17N5S2. The Morgan fingerprint density at radius 3 is 2.78 bits per heavy atom. The van der Waals surface area contributed by atoms with Crippen LogP contribution in [0.2, 0.25) is 0 Å². The van der Waals surface area contributed by atoms with Gasteiger partial charge in [-0.05, 0) is 59.1 Å². The van der Waals surface area contributed by atoms with Gasteiger partial charge in [0.1, 0.15) is 0 Å². The minimum atomic E-state index is 0.471. The number of likely N-dealkylation sites (tertiary alicyclic amines) is 1. The molecule has 0 amide bonds. The van der Waals surface area contributed by atoms with Crippen LogP contribution in [0.5, 0.6) is 0 Å². The fourth-order valence-corrected chi connectivity index (χ4v) is 4.20. The van der Waals surface area contributed by atoms with E-state index in [1.165, 1.54) is 17.7 Å². The smallest absolute Gasteiger partial charge is 0.221 e. The maximum Gasteiger partial charge on any atom is 0.221 e. The van der Waals surface area contributed by atoms with Crippen molar-refractivity contribution in [3.8, 4) is 5.69 Å². The molecule has 0 N–H and O–H groups in total. The normalized spacial score (nSPS) is 18.5. The molecule has 1 aromatic carbocycles. The van der Waals surface area contributed by atoms with Gasteiger partial charge >= 0.3 is 0 Å². The number of tetrazole rings is 1. The van der Waals surface area contributed by atoms with Gasteiger partial charge in [-0.1, -0.05) is 24.3 Å². The molecule has 118 valence electrons. The van der Waals surface area contributed by atoms with Crippen LogP contribution in [0.1, 0.15) is 23.8 Å². The molecule has 5 nitrogen and oxygen atoms in total. The van der Waals surface area contributed by atoms with Crippen molar-refractivity contribution in [3.63, 3.8) is 0 Å².